The van der Waals surface area contributed by atoms with Crippen molar-refractivity contribution in [3.63, 3.8) is 0 Å². The van der Waals surface area contributed by atoms with Crippen LogP contribution in [0.5, 0.6) is 0 Å². The van der Waals surface area contributed by atoms with Crippen LogP contribution in [0.1, 0.15) is 6.92 Å². The highest BCUT2D eigenvalue weighted by Crippen LogP contribution is 2.47. The minimum atomic E-state index is -5.67. The molecule has 1 heterocycles. The number of hydrogen-bond donors (Lipinski definition) is 1. The first kappa shape index (κ1) is 15.7. The van der Waals surface area contributed by atoms with Gasteiger partial charge in [0, 0.05) is 33.1 Å². The van der Waals surface area contributed by atoms with Gasteiger partial charge in [-0.05, 0) is 0 Å². The van der Waals surface area contributed by atoms with E-state index in [2.05, 4.69) is 5.32 Å². The van der Waals surface area contributed by atoms with Gasteiger partial charge < -0.3 is 5.32 Å². The molecule has 0 aromatic heterocycles. The fourth-order valence-corrected chi connectivity index (χ4v) is 2.57. The Morgan fingerprint density at radius 3 is 1.89 bits per heavy atom. The standard InChI is InChI=1S/C8H12F6N2OS/c1-6(9,10)7(11,12)8(13,14)18(17)16-4-2-15-3-5-16/h15H,2-5H2,1H3. The van der Waals surface area contributed by atoms with Gasteiger partial charge in [0.2, 0.25) is 0 Å². The van der Waals surface area contributed by atoms with Gasteiger partial charge in [0.1, 0.15) is 0 Å². The van der Waals surface area contributed by atoms with E-state index in [1.807, 2.05) is 0 Å². The second-order valence-corrected chi connectivity index (χ2v) is 5.44. The lowest BCUT2D eigenvalue weighted by Gasteiger charge is -2.34. The summed E-state index contributed by atoms with van der Waals surface area (Å²) in [6.45, 7) is -0.317. The highest BCUT2D eigenvalue weighted by Gasteiger charge is 2.73. The van der Waals surface area contributed by atoms with Crippen molar-refractivity contribution in [2.24, 2.45) is 0 Å². The molecular formula is C8H12F6N2OS. The predicted octanol–water partition coefficient (Wildman–Crippen LogP) is 1.44. The van der Waals surface area contributed by atoms with Gasteiger partial charge in [0.05, 0.1) is 0 Å². The lowest BCUT2D eigenvalue weighted by Crippen LogP contribution is -2.59. The third-order valence-electron chi connectivity index (χ3n) is 2.45. The quantitative estimate of drug-likeness (QED) is 0.797. The average molecular weight is 298 g/mol. The van der Waals surface area contributed by atoms with E-state index in [1.54, 1.807) is 0 Å². The van der Waals surface area contributed by atoms with E-state index in [-0.39, 0.29) is 33.1 Å². The van der Waals surface area contributed by atoms with Gasteiger partial charge in [-0.1, -0.05) is 0 Å². The van der Waals surface area contributed by atoms with Crippen LogP contribution in [-0.4, -0.2) is 51.8 Å². The van der Waals surface area contributed by atoms with E-state index in [1.165, 1.54) is 0 Å². The van der Waals surface area contributed by atoms with E-state index in [4.69, 9.17) is 0 Å². The lowest BCUT2D eigenvalue weighted by atomic mass is 10.2. The molecule has 3 nitrogen and oxygen atoms in total. The molecule has 0 aromatic carbocycles. The van der Waals surface area contributed by atoms with Gasteiger partial charge in [-0.15, -0.1) is 0 Å². The van der Waals surface area contributed by atoms with E-state index in [0.29, 0.717) is 4.31 Å². The molecule has 0 saturated carbocycles. The van der Waals surface area contributed by atoms with Crippen molar-refractivity contribution in [2.75, 3.05) is 26.2 Å². The summed E-state index contributed by atoms with van der Waals surface area (Å²) in [5, 5.41) is -2.58. The summed E-state index contributed by atoms with van der Waals surface area (Å²) < 4.78 is 89.5. The van der Waals surface area contributed by atoms with Gasteiger partial charge in [-0.25, -0.2) is 8.51 Å². The molecular weight excluding hydrogens is 286 g/mol. The maximum Gasteiger partial charge on any atom is 0.402 e. The molecule has 1 saturated heterocycles. The van der Waals surface area contributed by atoms with Crippen LogP contribution in [0.25, 0.3) is 0 Å². The Bertz CT molecular complexity index is 326. The minimum Gasteiger partial charge on any atom is -0.314 e. The third-order valence-corrected chi connectivity index (χ3v) is 3.98. The Morgan fingerprint density at radius 1 is 1.06 bits per heavy atom. The van der Waals surface area contributed by atoms with Crippen LogP contribution in [0.3, 0.4) is 0 Å². The first-order valence-corrected chi connectivity index (χ1v) is 6.13. The first-order chi connectivity index (χ1) is 8.02. The van der Waals surface area contributed by atoms with Gasteiger partial charge in [0.15, 0.2) is 11.0 Å². The van der Waals surface area contributed by atoms with Crippen molar-refractivity contribution >= 4 is 11.0 Å². The zero-order chi connectivity index (χ0) is 14.2. The van der Waals surface area contributed by atoms with E-state index < -0.39 is 28.1 Å². The van der Waals surface area contributed by atoms with Crippen LogP contribution in [0.2, 0.25) is 0 Å². The zero-order valence-corrected chi connectivity index (χ0v) is 10.2. The Balaban J connectivity index is 2.94. The van der Waals surface area contributed by atoms with Crippen LogP contribution in [0, 0.1) is 0 Å². The van der Waals surface area contributed by atoms with Crippen molar-refractivity contribution < 1.29 is 30.6 Å². The smallest absolute Gasteiger partial charge is 0.314 e. The number of halogens is 6. The largest absolute Gasteiger partial charge is 0.402 e. The van der Waals surface area contributed by atoms with Crippen LogP contribution >= 0.6 is 0 Å². The van der Waals surface area contributed by atoms with Crippen molar-refractivity contribution in [1.82, 2.24) is 9.62 Å². The molecule has 0 radical (unpaired) electrons. The fraction of sp³-hybridized carbons (Fsp3) is 1.00. The van der Waals surface area contributed by atoms with Gasteiger partial charge in [-0.2, -0.15) is 26.3 Å². The second kappa shape index (κ2) is 4.97. The summed E-state index contributed by atoms with van der Waals surface area (Å²) in [5.41, 5.74) is 0. The molecule has 1 aliphatic rings. The minimum absolute atomic E-state index is 0.173. The summed E-state index contributed by atoms with van der Waals surface area (Å²) in [7, 11) is -3.50. The molecule has 1 rings (SSSR count). The summed E-state index contributed by atoms with van der Waals surface area (Å²) in [6.07, 6.45) is 0. The summed E-state index contributed by atoms with van der Waals surface area (Å²) in [5.74, 6) is -10.6. The molecule has 0 aromatic rings. The van der Waals surface area contributed by atoms with Gasteiger partial charge >= 0.3 is 17.1 Å². The molecule has 18 heavy (non-hydrogen) atoms. The van der Waals surface area contributed by atoms with Crippen LogP contribution < -0.4 is 5.32 Å². The number of alkyl halides is 6. The molecule has 108 valence electrons. The summed E-state index contributed by atoms with van der Waals surface area (Å²) >= 11 is 0. The third kappa shape index (κ3) is 2.64. The molecule has 1 unspecified atom stereocenters. The Kier molecular flexibility index (Phi) is 4.34. The van der Waals surface area contributed by atoms with E-state index in [0.717, 1.165) is 0 Å². The number of nitrogens with one attached hydrogen (secondary N) is 1. The Labute approximate surface area is 102 Å². The highest BCUT2D eigenvalue weighted by atomic mass is 32.2. The number of piperazine rings is 1. The first-order valence-electron chi connectivity index (χ1n) is 5.03. The SMILES string of the molecule is CC(F)(F)C(F)(F)C(F)(F)S(=O)N1CCNCC1. The molecule has 1 N–H and O–H groups in total. The van der Waals surface area contributed by atoms with Crippen LogP contribution in [0.15, 0.2) is 0 Å². The topological polar surface area (TPSA) is 32.3 Å². The normalized spacial score (nSPS) is 21.9. The Hall–Kier alpha value is -0.350. The van der Waals surface area contributed by atoms with Crippen molar-refractivity contribution in [2.45, 2.75) is 24.0 Å². The number of nitrogens with zero attached hydrogens (tertiary/aromatic N) is 1. The second-order valence-electron chi connectivity index (χ2n) is 3.91. The summed E-state index contributed by atoms with van der Waals surface area (Å²) in [4.78, 5) is 0. The van der Waals surface area contributed by atoms with Crippen molar-refractivity contribution in [1.29, 1.82) is 0 Å². The molecule has 0 amide bonds. The van der Waals surface area contributed by atoms with Gasteiger partial charge in [-0.3, -0.25) is 0 Å². The molecule has 1 aliphatic heterocycles. The molecule has 1 fully saturated rings. The highest BCUT2D eigenvalue weighted by molar-refractivity contribution is 7.83. The molecule has 0 aliphatic carbocycles. The average Bonchev–Trinajstić information content (AvgIpc) is 2.27. The van der Waals surface area contributed by atoms with E-state index >= 15 is 0 Å². The van der Waals surface area contributed by atoms with Crippen molar-refractivity contribution in [3.8, 4) is 0 Å². The number of hydrogen-bond acceptors (Lipinski definition) is 2. The monoisotopic (exact) mass is 298 g/mol. The van der Waals surface area contributed by atoms with Gasteiger partial charge in [0.25, 0.3) is 0 Å². The van der Waals surface area contributed by atoms with E-state index in [9.17, 15) is 30.6 Å². The predicted molar refractivity (Wildman–Crippen MR) is 53.1 cm³/mol. The Morgan fingerprint density at radius 2 is 1.50 bits per heavy atom. The maximum absolute atomic E-state index is 13.3. The zero-order valence-electron chi connectivity index (χ0n) is 9.36. The molecule has 10 heteroatoms. The number of rotatable bonds is 4. The molecule has 0 spiro atoms. The summed E-state index contributed by atoms with van der Waals surface area (Å²) in [6, 6.07) is 0. The van der Waals surface area contributed by atoms with Crippen molar-refractivity contribution in [3.05, 3.63) is 0 Å². The lowest BCUT2D eigenvalue weighted by molar-refractivity contribution is -0.271. The molecule has 0 bridgehead atoms. The maximum atomic E-state index is 13.3. The molecule has 1 atom stereocenters. The van der Waals surface area contributed by atoms with Crippen LogP contribution in [0.4, 0.5) is 26.3 Å². The van der Waals surface area contributed by atoms with Crippen LogP contribution in [-0.2, 0) is 11.0 Å². The fourth-order valence-electron chi connectivity index (χ4n) is 1.34.